The van der Waals surface area contributed by atoms with E-state index in [1.54, 1.807) is 6.92 Å². The summed E-state index contributed by atoms with van der Waals surface area (Å²) >= 11 is 5.04. The fraction of sp³-hybridized carbons (Fsp3) is 0.400. The van der Waals surface area contributed by atoms with E-state index >= 15 is 0 Å². The van der Waals surface area contributed by atoms with Crippen LogP contribution in [0.3, 0.4) is 0 Å². The molecule has 0 amide bonds. The number of ketones is 1. The van der Waals surface area contributed by atoms with Gasteiger partial charge in [0.1, 0.15) is 0 Å². The lowest BCUT2D eigenvalue weighted by atomic mass is 10.3. The van der Waals surface area contributed by atoms with Gasteiger partial charge in [-0.15, -0.1) is 0 Å². The van der Waals surface area contributed by atoms with Gasteiger partial charge in [0.05, 0.1) is 2.74 Å². The van der Waals surface area contributed by atoms with Gasteiger partial charge in [0, 0.05) is 11.9 Å². The van der Waals surface area contributed by atoms with Crippen molar-refractivity contribution in [2.75, 3.05) is 0 Å². The highest BCUT2D eigenvalue weighted by Crippen LogP contribution is 1.84. The van der Waals surface area contributed by atoms with Crippen molar-refractivity contribution in [2.45, 2.75) is 13.3 Å². The second-order valence-corrected chi connectivity index (χ2v) is 1.19. The van der Waals surface area contributed by atoms with Crippen molar-refractivity contribution in [1.29, 1.82) is 0 Å². The molecule has 2 heteroatoms. The van der Waals surface area contributed by atoms with Crippen LogP contribution in [0, 0.1) is 0 Å². The van der Waals surface area contributed by atoms with Gasteiger partial charge in [-0.25, -0.2) is 0 Å². The summed E-state index contributed by atoms with van der Waals surface area (Å²) < 4.78 is 13.5. The molecule has 0 aromatic heterocycles. The second kappa shape index (κ2) is 3.88. The minimum Gasteiger partial charge on any atom is -0.295 e. The van der Waals surface area contributed by atoms with E-state index in [0.717, 1.165) is 0 Å². The Balaban J connectivity index is 4.21. The van der Waals surface area contributed by atoms with Crippen molar-refractivity contribution in [3.8, 4) is 0 Å². The molecule has 0 aromatic rings. The Labute approximate surface area is 50.8 Å². The molecule has 40 valence electrons. The van der Waals surface area contributed by atoms with Gasteiger partial charge in [0.2, 0.25) is 0 Å². The SMILES string of the molecule is [2H]/C(Cl)=C(/[2H])C(=O)CC. The quantitative estimate of drug-likeness (QED) is 0.507. The Morgan fingerprint density at radius 1 is 2.14 bits per heavy atom. The molecule has 0 bridgehead atoms. The summed E-state index contributed by atoms with van der Waals surface area (Å²) in [7, 11) is 0. The molecule has 0 heterocycles. The Hall–Kier alpha value is -0.300. The fourth-order valence-corrected chi connectivity index (χ4v) is 0.246. The van der Waals surface area contributed by atoms with Gasteiger partial charge in [-0.2, -0.15) is 0 Å². The second-order valence-electron chi connectivity index (χ2n) is 0.996. The summed E-state index contributed by atoms with van der Waals surface area (Å²) in [5, 5.41) is 0. The van der Waals surface area contributed by atoms with Gasteiger partial charge in [0.25, 0.3) is 0 Å². The molecule has 0 aromatic carbocycles. The van der Waals surface area contributed by atoms with E-state index in [9.17, 15) is 4.79 Å². The van der Waals surface area contributed by atoms with Gasteiger partial charge in [-0.05, 0) is 6.05 Å². The molecule has 0 aliphatic rings. The summed E-state index contributed by atoms with van der Waals surface area (Å²) in [5.41, 5.74) is -0.484. The van der Waals surface area contributed by atoms with Crippen molar-refractivity contribution in [3.63, 3.8) is 0 Å². The molecule has 0 N–H and O–H groups in total. The van der Waals surface area contributed by atoms with Crippen LogP contribution in [0.2, 0.25) is 0 Å². The van der Waals surface area contributed by atoms with Crippen molar-refractivity contribution in [3.05, 3.63) is 11.6 Å². The minimum absolute atomic E-state index is 0.230. The van der Waals surface area contributed by atoms with E-state index in [4.69, 9.17) is 14.3 Å². The molecule has 0 fully saturated rings. The molecular weight excluding hydrogens is 112 g/mol. The zero-order valence-electron chi connectivity index (χ0n) is 5.99. The molecule has 1 nitrogen and oxygen atoms in total. The van der Waals surface area contributed by atoms with E-state index < -0.39 is 17.3 Å². The smallest absolute Gasteiger partial charge is 0.156 e. The number of hydrogen-bond donors (Lipinski definition) is 0. The van der Waals surface area contributed by atoms with Crippen molar-refractivity contribution >= 4 is 17.4 Å². The predicted octanol–water partition coefficient (Wildman–Crippen LogP) is 1.72. The molecule has 7 heavy (non-hydrogen) atoms. The average Bonchev–Trinajstić information content (AvgIpc) is 1.84. The maximum Gasteiger partial charge on any atom is 0.156 e. The number of halogens is 1. The summed E-state index contributed by atoms with van der Waals surface area (Å²) in [5.74, 6) is -0.394. The van der Waals surface area contributed by atoms with Gasteiger partial charge in [-0.3, -0.25) is 4.79 Å². The van der Waals surface area contributed by atoms with Gasteiger partial charge in [0.15, 0.2) is 5.78 Å². The molecule has 0 spiro atoms. The van der Waals surface area contributed by atoms with Gasteiger partial charge in [-0.1, -0.05) is 18.5 Å². The van der Waals surface area contributed by atoms with Crippen LogP contribution < -0.4 is 0 Å². The first-order chi connectivity index (χ1) is 4.09. The Bertz CT molecular complexity index is 149. The van der Waals surface area contributed by atoms with Crippen LogP contribution in [0.25, 0.3) is 0 Å². The first-order valence-corrected chi connectivity index (χ1v) is 2.33. The van der Waals surface area contributed by atoms with Crippen LogP contribution in [-0.2, 0) is 4.79 Å². The minimum atomic E-state index is -0.484. The van der Waals surface area contributed by atoms with E-state index in [2.05, 4.69) is 0 Å². The highest BCUT2D eigenvalue weighted by Gasteiger charge is 1.84. The number of hydrogen-bond acceptors (Lipinski definition) is 1. The maximum atomic E-state index is 10.5. The molecule has 0 aliphatic carbocycles. The number of rotatable bonds is 2. The standard InChI is InChI=1S/C5H7ClO/c1-2-5(7)3-4-6/h3-4H,2H2,1H3/b4-3+/i3D,4D. The lowest BCUT2D eigenvalue weighted by Crippen LogP contribution is -1.84. The zero-order chi connectivity index (χ0) is 7.44. The summed E-state index contributed by atoms with van der Waals surface area (Å²) in [6.07, 6.45) is 0.230. The normalized spacial score (nSPS) is 16.9. The van der Waals surface area contributed by atoms with Crippen molar-refractivity contribution in [1.82, 2.24) is 0 Å². The fourth-order valence-electron chi connectivity index (χ4n) is 0.141. The molecule has 0 rings (SSSR count). The molecule has 0 saturated carbocycles. The molecule has 0 radical (unpaired) electrons. The molecule has 0 unspecified atom stereocenters. The van der Waals surface area contributed by atoms with E-state index in [1.807, 2.05) is 0 Å². The molecule has 0 atom stereocenters. The van der Waals surface area contributed by atoms with Crippen molar-refractivity contribution < 1.29 is 7.54 Å². The third-order valence-electron chi connectivity index (χ3n) is 0.508. The van der Waals surface area contributed by atoms with E-state index in [1.165, 1.54) is 0 Å². The topological polar surface area (TPSA) is 17.1 Å². The van der Waals surface area contributed by atoms with Gasteiger partial charge < -0.3 is 0 Å². The van der Waals surface area contributed by atoms with E-state index in [-0.39, 0.29) is 6.42 Å². The molecular formula is C5H7ClO. The van der Waals surface area contributed by atoms with Crippen LogP contribution in [0.15, 0.2) is 11.6 Å². The maximum absolute atomic E-state index is 10.5. The Morgan fingerprint density at radius 3 is 2.86 bits per heavy atom. The predicted molar refractivity (Wildman–Crippen MR) is 30.3 cm³/mol. The zero-order valence-corrected chi connectivity index (χ0v) is 4.75. The summed E-state index contributed by atoms with van der Waals surface area (Å²) in [4.78, 5) is 10.5. The third-order valence-corrected chi connectivity index (χ3v) is 0.602. The van der Waals surface area contributed by atoms with Crippen LogP contribution in [0.4, 0.5) is 0 Å². The first-order valence-electron chi connectivity index (χ1n) is 2.95. The molecule has 0 saturated heterocycles. The Morgan fingerprint density at radius 2 is 2.71 bits per heavy atom. The first kappa shape index (κ1) is 3.67. The van der Waals surface area contributed by atoms with Crippen LogP contribution >= 0.6 is 11.6 Å². The summed E-state index contributed by atoms with van der Waals surface area (Å²) in [6.45, 7) is 1.62. The highest BCUT2D eigenvalue weighted by atomic mass is 35.5. The number of carbonyl (C=O) groups excluding carboxylic acids is 1. The van der Waals surface area contributed by atoms with Gasteiger partial charge >= 0.3 is 0 Å². The lowest BCUT2D eigenvalue weighted by molar-refractivity contribution is -0.114. The monoisotopic (exact) mass is 120 g/mol. The van der Waals surface area contributed by atoms with Crippen molar-refractivity contribution in [2.24, 2.45) is 0 Å². The lowest BCUT2D eigenvalue weighted by Gasteiger charge is -1.77. The summed E-state index contributed by atoms with van der Waals surface area (Å²) in [6, 6.07) is -0.404. The number of allylic oxidation sites excluding steroid dienone is 1. The average molecular weight is 121 g/mol. The van der Waals surface area contributed by atoms with Crippen LogP contribution in [0.5, 0.6) is 0 Å². The Kier molecular flexibility index (Phi) is 2.03. The largest absolute Gasteiger partial charge is 0.295 e. The number of carbonyl (C=O) groups is 1. The third kappa shape index (κ3) is 3.53. The molecule has 0 aliphatic heterocycles. The van der Waals surface area contributed by atoms with E-state index in [0.29, 0.717) is 0 Å². The van der Waals surface area contributed by atoms with Crippen LogP contribution in [-0.4, -0.2) is 5.78 Å². The van der Waals surface area contributed by atoms with Crippen LogP contribution in [0.1, 0.15) is 16.1 Å². The highest BCUT2D eigenvalue weighted by molar-refractivity contribution is 6.26.